The first-order valence-corrected chi connectivity index (χ1v) is 13.7. The number of aliphatic hydroxyl groups excluding tert-OH is 1. The lowest BCUT2D eigenvalue weighted by molar-refractivity contribution is -0.138. The lowest BCUT2D eigenvalue weighted by Crippen LogP contribution is -2.46. The van der Waals surface area contributed by atoms with Crippen molar-refractivity contribution in [1.29, 1.82) is 0 Å². The molecule has 1 aliphatic rings. The summed E-state index contributed by atoms with van der Waals surface area (Å²) in [4.78, 5) is 45.6. The molecule has 3 heterocycles. The minimum atomic E-state index is -4.67. The number of rotatable bonds is 5. The first-order valence-electron chi connectivity index (χ1n) is 12.5. The number of aliphatic hydroxyl groups is 1. The lowest BCUT2D eigenvalue weighted by atomic mass is 9.97. The minimum Gasteiger partial charge on any atom is -0.385 e. The number of hydrogen-bond acceptors (Lipinski definition) is 6. The average Bonchev–Trinajstić information content (AvgIpc) is 3.19. The molecule has 10 nitrogen and oxygen atoms in total. The zero-order chi connectivity index (χ0) is 30.5. The van der Waals surface area contributed by atoms with Crippen molar-refractivity contribution in [3.63, 3.8) is 0 Å². The Kier molecular flexibility index (Phi) is 8.40. The Hall–Kier alpha value is -3.23. The quantitative estimate of drug-likeness (QED) is 0.427. The van der Waals surface area contributed by atoms with E-state index in [1.165, 1.54) is 29.7 Å². The van der Waals surface area contributed by atoms with Gasteiger partial charge in [0.05, 0.1) is 17.8 Å². The van der Waals surface area contributed by atoms with Gasteiger partial charge in [0.2, 0.25) is 0 Å². The van der Waals surface area contributed by atoms with Crippen LogP contribution in [-0.4, -0.2) is 54.2 Å². The van der Waals surface area contributed by atoms with Gasteiger partial charge in [0, 0.05) is 35.7 Å². The Morgan fingerprint density at radius 2 is 1.93 bits per heavy atom. The number of nitrogens with one attached hydrogen (secondary N) is 1. The maximum atomic E-state index is 13.9. The molecular formula is C26H27BrClF3N6O4. The van der Waals surface area contributed by atoms with Gasteiger partial charge in [-0.1, -0.05) is 41.4 Å². The van der Waals surface area contributed by atoms with Gasteiger partial charge in [-0.15, -0.1) is 0 Å². The van der Waals surface area contributed by atoms with Gasteiger partial charge >= 0.3 is 6.18 Å². The minimum absolute atomic E-state index is 0.00311. The number of carbonyl (C=O) groups is 2. The Balaban J connectivity index is 1.85. The van der Waals surface area contributed by atoms with Crippen molar-refractivity contribution in [3.05, 3.63) is 72.0 Å². The largest absolute Gasteiger partial charge is 0.417 e. The standard InChI is InChI=1S/C26H27BrClF3N6O4/c1-11(2)20(38)22-33-17-10-36(24(40)13-6-7-16(27)15(9-13)26(29,30)31)12(3)8-14(17)25(41)37(22)21-18(28)19(23(39)32-4)35(5)34-21/h6-7,9,11-12,20,38H,8,10H2,1-5H3,(H,32,39)/t12-,20+/m1/s1. The molecule has 0 bridgehead atoms. The van der Waals surface area contributed by atoms with Crippen LogP contribution in [-0.2, 0) is 26.2 Å². The lowest BCUT2D eigenvalue weighted by Gasteiger charge is -2.35. The monoisotopic (exact) mass is 658 g/mol. The van der Waals surface area contributed by atoms with Crippen LogP contribution < -0.4 is 10.9 Å². The van der Waals surface area contributed by atoms with Crippen LogP contribution in [0.5, 0.6) is 0 Å². The number of benzene rings is 1. The van der Waals surface area contributed by atoms with Gasteiger partial charge < -0.3 is 15.3 Å². The highest BCUT2D eigenvalue weighted by Crippen LogP contribution is 2.36. The molecule has 41 heavy (non-hydrogen) atoms. The van der Waals surface area contributed by atoms with Gasteiger partial charge in [0.15, 0.2) is 5.82 Å². The van der Waals surface area contributed by atoms with Crippen molar-refractivity contribution in [3.8, 4) is 5.82 Å². The topological polar surface area (TPSA) is 122 Å². The fraction of sp³-hybridized carbons (Fsp3) is 0.423. The SMILES string of the molecule is CNC(=O)c1c(Cl)c(-n2c([C@@H](O)C(C)C)nc3c(c2=O)C[C@@H](C)N(C(=O)c2ccc(Br)c(C(F)(F)F)c2)C3)nn1C. The van der Waals surface area contributed by atoms with E-state index in [0.717, 1.165) is 16.7 Å². The molecule has 1 aromatic carbocycles. The molecule has 0 saturated heterocycles. The highest BCUT2D eigenvalue weighted by atomic mass is 79.9. The predicted molar refractivity (Wildman–Crippen MR) is 147 cm³/mol. The highest BCUT2D eigenvalue weighted by molar-refractivity contribution is 9.10. The van der Waals surface area contributed by atoms with Gasteiger partial charge in [-0.2, -0.15) is 18.3 Å². The van der Waals surface area contributed by atoms with Crippen molar-refractivity contribution in [2.24, 2.45) is 13.0 Å². The maximum Gasteiger partial charge on any atom is 0.417 e. The van der Waals surface area contributed by atoms with Crippen LogP contribution in [0.3, 0.4) is 0 Å². The zero-order valence-electron chi connectivity index (χ0n) is 22.7. The molecule has 0 saturated carbocycles. The van der Waals surface area contributed by atoms with E-state index in [4.69, 9.17) is 11.6 Å². The summed E-state index contributed by atoms with van der Waals surface area (Å²) < 4.78 is 42.5. The molecule has 15 heteroatoms. The van der Waals surface area contributed by atoms with Crippen molar-refractivity contribution in [2.75, 3.05) is 7.05 Å². The van der Waals surface area contributed by atoms with Crippen LogP contribution >= 0.6 is 27.5 Å². The average molecular weight is 660 g/mol. The van der Waals surface area contributed by atoms with E-state index < -0.39 is 47.2 Å². The van der Waals surface area contributed by atoms with Crippen LogP contribution in [0.25, 0.3) is 5.82 Å². The van der Waals surface area contributed by atoms with Crippen LogP contribution in [0.2, 0.25) is 5.02 Å². The van der Waals surface area contributed by atoms with Crippen LogP contribution in [0.4, 0.5) is 13.2 Å². The van der Waals surface area contributed by atoms with Crippen molar-refractivity contribution in [2.45, 2.75) is 52.1 Å². The summed E-state index contributed by atoms with van der Waals surface area (Å²) in [6.45, 7) is 4.91. The molecule has 4 rings (SSSR count). The Morgan fingerprint density at radius 1 is 1.27 bits per heavy atom. The van der Waals surface area contributed by atoms with Gasteiger partial charge in [-0.3, -0.25) is 19.1 Å². The molecular weight excluding hydrogens is 633 g/mol. The summed E-state index contributed by atoms with van der Waals surface area (Å²) in [6, 6.07) is 2.64. The van der Waals surface area contributed by atoms with E-state index in [1.54, 1.807) is 20.8 Å². The van der Waals surface area contributed by atoms with E-state index in [9.17, 15) is 32.7 Å². The second-order valence-corrected chi connectivity index (χ2v) is 11.3. The molecule has 3 aromatic rings. The van der Waals surface area contributed by atoms with Crippen molar-refractivity contribution < 1.29 is 27.9 Å². The molecule has 0 radical (unpaired) electrons. The fourth-order valence-corrected chi connectivity index (χ4v) is 5.49. The predicted octanol–water partition coefficient (Wildman–Crippen LogP) is 4.04. The number of carbonyl (C=O) groups excluding carboxylic acids is 2. The number of halogens is 5. The maximum absolute atomic E-state index is 13.9. The van der Waals surface area contributed by atoms with Gasteiger partial charge in [0.25, 0.3) is 17.4 Å². The second kappa shape index (κ2) is 11.2. The van der Waals surface area contributed by atoms with Gasteiger partial charge in [0.1, 0.15) is 22.6 Å². The highest BCUT2D eigenvalue weighted by Gasteiger charge is 2.37. The fourth-order valence-electron chi connectivity index (χ4n) is 4.68. The van der Waals surface area contributed by atoms with E-state index in [2.05, 4.69) is 31.3 Å². The number of amides is 2. The number of aromatic nitrogens is 4. The summed E-state index contributed by atoms with van der Waals surface area (Å²) in [6.07, 6.45) is -5.91. The first-order chi connectivity index (χ1) is 19.1. The molecule has 0 unspecified atom stereocenters. The third kappa shape index (κ3) is 5.52. The third-order valence-electron chi connectivity index (χ3n) is 6.94. The Bertz CT molecular complexity index is 1600. The first kappa shape index (κ1) is 30.7. The molecule has 2 atom stereocenters. The van der Waals surface area contributed by atoms with Crippen LogP contribution in [0.15, 0.2) is 27.5 Å². The van der Waals surface area contributed by atoms with E-state index in [0.29, 0.717) is 0 Å². The molecule has 2 amide bonds. The second-order valence-electron chi connectivity index (χ2n) is 10.1. The number of aryl methyl sites for hydroxylation is 1. The van der Waals surface area contributed by atoms with E-state index in [1.807, 2.05) is 0 Å². The number of nitrogens with zero attached hydrogens (tertiary/aromatic N) is 5. The number of fused-ring (bicyclic) bond motifs is 1. The summed E-state index contributed by atoms with van der Waals surface area (Å²) >= 11 is 9.40. The summed E-state index contributed by atoms with van der Waals surface area (Å²) in [5.41, 5.74) is -1.32. The molecule has 0 spiro atoms. The number of alkyl halides is 3. The molecule has 0 fully saturated rings. The van der Waals surface area contributed by atoms with Crippen LogP contribution in [0.1, 0.15) is 70.4 Å². The van der Waals surface area contributed by atoms with Gasteiger partial charge in [-0.05, 0) is 37.5 Å². The Morgan fingerprint density at radius 3 is 2.51 bits per heavy atom. The van der Waals surface area contributed by atoms with Crippen LogP contribution in [0, 0.1) is 5.92 Å². The van der Waals surface area contributed by atoms with E-state index >= 15 is 0 Å². The zero-order valence-corrected chi connectivity index (χ0v) is 25.0. The number of hydrogen-bond donors (Lipinski definition) is 2. The Labute approximate surface area is 246 Å². The van der Waals surface area contributed by atoms with Crippen molar-refractivity contribution in [1.82, 2.24) is 29.5 Å². The molecule has 2 aromatic heterocycles. The van der Waals surface area contributed by atoms with E-state index in [-0.39, 0.29) is 56.6 Å². The summed E-state index contributed by atoms with van der Waals surface area (Å²) in [7, 11) is 2.89. The molecule has 2 N–H and O–H groups in total. The molecule has 220 valence electrons. The summed E-state index contributed by atoms with van der Waals surface area (Å²) in [5, 5.41) is 17.7. The summed E-state index contributed by atoms with van der Waals surface area (Å²) in [5.74, 6) is -1.80. The molecule has 0 aliphatic carbocycles. The normalized spacial score (nSPS) is 16.1. The van der Waals surface area contributed by atoms with Crippen molar-refractivity contribution >= 4 is 39.3 Å². The molecule has 1 aliphatic heterocycles. The van der Waals surface area contributed by atoms with Gasteiger partial charge in [-0.25, -0.2) is 9.55 Å². The third-order valence-corrected chi connectivity index (χ3v) is 7.98. The smallest absolute Gasteiger partial charge is 0.385 e.